The number of ether oxygens (including phenoxy) is 2. The Labute approximate surface area is 166 Å². The van der Waals surface area contributed by atoms with Crippen molar-refractivity contribution in [1.29, 1.82) is 0 Å². The van der Waals surface area contributed by atoms with Crippen molar-refractivity contribution in [1.82, 2.24) is 19.9 Å². The predicted molar refractivity (Wildman–Crippen MR) is 102 cm³/mol. The second kappa shape index (κ2) is 7.42. The number of benzene rings is 1. The van der Waals surface area contributed by atoms with E-state index in [2.05, 4.69) is 19.9 Å². The number of amides is 1. The molecule has 9 heteroatoms. The van der Waals surface area contributed by atoms with Crippen molar-refractivity contribution in [2.45, 2.75) is 19.4 Å². The van der Waals surface area contributed by atoms with Crippen molar-refractivity contribution < 1.29 is 18.7 Å². The van der Waals surface area contributed by atoms with Crippen LogP contribution in [0.15, 0.2) is 36.8 Å². The van der Waals surface area contributed by atoms with Crippen LogP contribution in [0.1, 0.15) is 35.3 Å². The summed E-state index contributed by atoms with van der Waals surface area (Å²) in [5.74, 6) is 0.343. The number of aromatic nitrogens is 4. The molecule has 148 valence electrons. The van der Waals surface area contributed by atoms with Crippen molar-refractivity contribution in [2.24, 2.45) is 0 Å². The number of carbonyl (C=O) groups is 1. The van der Waals surface area contributed by atoms with Gasteiger partial charge in [0, 0.05) is 18.0 Å². The maximum Gasteiger partial charge on any atom is 0.260 e. The fraction of sp³-hybridized carbons (Fsp3) is 0.250. The van der Waals surface area contributed by atoms with Crippen LogP contribution in [0.2, 0.25) is 0 Å². The van der Waals surface area contributed by atoms with Gasteiger partial charge in [0.2, 0.25) is 0 Å². The molecule has 0 N–H and O–H groups in total. The number of halogens is 1. The molecule has 1 amide bonds. The fourth-order valence-electron chi connectivity index (χ4n) is 3.44. The first-order valence-electron chi connectivity index (χ1n) is 8.98. The zero-order valence-corrected chi connectivity index (χ0v) is 16.1. The number of hydrogen-bond donors (Lipinski definition) is 0. The number of methoxy groups -OCH3 is 2. The lowest BCUT2D eigenvalue weighted by atomic mass is 10.0. The highest BCUT2D eigenvalue weighted by Gasteiger charge is 2.40. The lowest BCUT2D eigenvalue weighted by Gasteiger charge is -2.25. The molecule has 0 bridgehead atoms. The molecule has 29 heavy (non-hydrogen) atoms. The first-order valence-corrected chi connectivity index (χ1v) is 8.98. The number of nitrogens with zero attached hydrogens (tertiary/aromatic N) is 5. The van der Waals surface area contributed by atoms with Gasteiger partial charge in [-0.3, -0.25) is 9.69 Å². The molecule has 2 aromatic heterocycles. The molecule has 0 saturated heterocycles. The average molecular weight is 395 g/mol. The Morgan fingerprint density at radius 3 is 2.45 bits per heavy atom. The summed E-state index contributed by atoms with van der Waals surface area (Å²) in [6.45, 7) is 1.91. The number of fused-ring (bicyclic) bond motifs is 1. The van der Waals surface area contributed by atoms with E-state index in [-0.39, 0.29) is 23.3 Å². The van der Waals surface area contributed by atoms with Crippen LogP contribution >= 0.6 is 0 Å². The summed E-state index contributed by atoms with van der Waals surface area (Å²) in [5.41, 5.74) is 0.947. The Kier molecular flexibility index (Phi) is 4.79. The van der Waals surface area contributed by atoms with Gasteiger partial charge in [0.05, 0.1) is 26.5 Å². The number of rotatable bonds is 5. The van der Waals surface area contributed by atoms with E-state index < -0.39 is 11.9 Å². The first-order chi connectivity index (χ1) is 14.1. The molecule has 0 unspecified atom stereocenters. The number of hydrogen-bond acceptors (Lipinski definition) is 7. The van der Waals surface area contributed by atoms with Gasteiger partial charge < -0.3 is 9.47 Å². The van der Waals surface area contributed by atoms with Crippen molar-refractivity contribution >= 4 is 11.7 Å². The third kappa shape index (κ3) is 3.04. The van der Waals surface area contributed by atoms with Crippen molar-refractivity contribution in [3.8, 4) is 23.1 Å². The first kappa shape index (κ1) is 18.7. The van der Waals surface area contributed by atoms with Crippen molar-refractivity contribution in [3.05, 3.63) is 53.7 Å². The van der Waals surface area contributed by atoms with Gasteiger partial charge in [-0.15, -0.1) is 0 Å². The lowest BCUT2D eigenvalue weighted by Crippen LogP contribution is -2.29. The van der Waals surface area contributed by atoms with E-state index in [1.807, 2.05) is 6.92 Å². The van der Waals surface area contributed by atoms with Crippen LogP contribution in [0.5, 0.6) is 11.5 Å². The highest BCUT2D eigenvalue weighted by Crippen LogP contribution is 2.43. The minimum atomic E-state index is -0.521. The van der Waals surface area contributed by atoms with Gasteiger partial charge in [0.15, 0.2) is 34.8 Å². The topological polar surface area (TPSA) is 90.3 Å². The maximum atomic E-state index is 14.3. The summed E-state index contributed by atoms with van der Waals surface area (Å²) in [5, 5.41) is 0. The summed E-state index contributed by atoms with van der Waals surface area (Å²) < 4.78 is 24.8. The maximum absolute atomic E-state index is 14.3. The highest BCUT2D eigenvalue weighted by molar-refractivity contribution is 6.11. The molecule has 1 aliphatic heterocycles. The second-order valence-electron chi connectivity index (χ2n) is 6.33. The molecule has 8 nitrogen and oxygen atoms in total. The molecule has 3 heterocycles. The summed E-state index contributed by atoms with van der Waals surface area (Å²) in [7, 11) is 2.83. The van der Waals surface area contributed by atoms with Gasteiger partial charge in [-0.05, 0) is 30.2 Å². The van der Waals surface area contributed by atoms with E-state index in [0.29, 0.717) is 29.1 Å². The third-order valence-electron chi connectivity index (χ3n) is 4.78. The standard InChI is InChI=1S/C20H18FN5O3/c1-4-14-11-8-13(21)15(28-2)9-12(11)20(27)26(14)19-16(29-3)10-24-18(25-19)17-22-6-5-7-23-17/h5-10,14H,4H2,1-3H3/t14-/m1/s1. The minimum Gasteiger partial charge on any atom is -0.494 e. The molecular formula is C20H18FN5O3. The van der Waals surface area contributed by atoms with Crippen LogP contribution in [-0.4, -0.2) is 40.1 Å². The van der Waals surface area contributed by atoms with E-state index in [0.717, 1.165) is 0 Å². The fourth-order valence-corrected chi connectivity index (χ4v) is 3.44. The Hall–Kier alpha value is -3.62. The van der Waals surface area contributed by atoms with Crippen LogP contribution in [-0.2, 0) is 0 Å². The molecule has 0 spiro atoms. The molecule has 1 aromatic carbocycles. The van der Waals surface area contributed by atoms with Crippen LogP contribution in [0.4, 0.5) is 10.2 Å². The van der Waals surface area contributed by atoms with Gasteiger partial charge in [0.1, 0.15) is 0 Å². The van der Waals surface area contributed by atoms with E-state index in [9.17, 15) is 9.18 Å². The molecule has 0 radical (unpaired) electrons. The highest BCUT2D eigenvalue weighted by atomic mass is 19.1. The summed E-state index contributed by atoms with van der Waals surface area (Å²) in [4.78, 5) is 31.8. The Bertz CT molecular complexity index is 1080. The van der Waals surface area contributed by atoms with E-state index in [1.165, 1.54) is 37.4 Å². The molecule has 0 aliphatic carbocycles. The van der Waals surface area contributed by atoms with Gasteiger partial charge >= 0.3 is 0 Å². The SMILES string of the molecule is CC[C@@H]1c2cc(F)c(OC)cc2C(=O)N1c1nc(-c2ncccn2)ncc1OC. The zero-order valence-electron chi connectivity index (χ0n) is 16.1. The van der Waals surface area contributed by atoms with Gasteiger partial charge in [-0.1, -0.05) is 6.92 Å². The second-order valence-corrected chi connectivity index (χ2v) is 6.33. The van der Waals surface area contributed by atoms with Gasteiger partial charge in [-0.25, -0.2) is 24.3 Å². The Morgan fingerprint density at radius 2 is 1.79 bits per heavy atom. The molecular weight excluding hydrogens is 377 g/mol. The minimum absolute atomic E-state index is 0.0156. The molecule has 1 atom stereocenters. The lowest BCUT2D eigenvalue weighted by molar-refractivity contribution is 0.0989. The largest absolute Gasteiger partial charge is 0.494 e. The molecule has 0 saturated carbocycles. The van der Waals surface area contributed by atoms with Crippen LogP contribution in [0, 0.1) is 5.82 Å². The Morgan fingerprint density at radius 1 is 1.07 bits per heavy atom. The van der Waals surface area contributed by atoms with Crippen LogP contribution in [0.3, 0.4) is 0 Å². The molecule has 0 fully saturated rings. The Balaban J connectivity index is 1.86. The number of carbonyl (C=O) groups excluding carboxylic acids is 1. The smallest absolute Gasteiger partial charge is 0.260 e. The van der Waals surface area contributed by atoms with E-state index in [4.69, 9.17) is 9.47 Å². The summed E-state index contributed by atoms with van der Waals surface area (Å²) >= 11 is 0. The normalized spacial score (nSPS) is 15.4. The molecule has 1 aliphatic rings. The van der Waals surface area contributed by atoms with Gasteiger partial charge in [0.25, 0.3) is 5.91 Å². The predicted octanol–water partition coefficient (Wildman–Crippen LogP) is 3.20. The average Bonchev–Trinajstić information content (AvgIpc) is 3.03. The van der Waals surface area contributed by atoms with Gasteiger partial charge in [-0.2, -0.15) is 0 Å². The monoisotopic (exact) mass is 395 g/mol. The quantitative estimate of drug-likeness (QED) is 0.655. The van der Waals surface area contributed by atoms with Crippen LogP contribution < -0.4 is 14.4 Å². The molecule has 3 aromatic rings. The third-order valence-corrected chi connectivity index (χ3v) is 4.78. The van der Waals surface area contributed by atoms with Crippen molar-refractivity contribution in [2.75, 3.05) is 19.1 Å². The summed E-state index contributed by atoms with van der Waals surface area (Å²) in [6, 6.07) is 4.04. The van der Waals surface area contributed by atoms with E-state index >= 15 is 0 Å². The van der Waals surface area contributed by atoms with Crippen LogP contribution in [0.25, 0.3) is 11.6 Å². The number of anilines is 1. The summed E-state index contributed by atoms with van der Waals surface area (Å²) in [6.07, 6.45) is 5.18. The van der Waals surface area contributed by atoms with Crippen molar-refractivity contribution in [3.63, 3.8) is 0 Å². The zero-order chi connectivity index (χ0) is 20.5. The molecule has 4 rings (SSSR count). The van der Waals surface area contributed by atoms with E-state index in [1.54, 1.807) is 18.5 Å².